The van der Waals surface area contributed by atoms with Gasteiger partial charge in [-0.2, -0.15) is 0 Å². The van der Waals surface area contributed by atoms with Crippen LogP contribution in [-0.2, 0) is 0 Å². The predicted molar refractivity (Wildman–Crippen MR) is 202 cm³/mol. The van der Waals surface area contributed by atoms with Gasteiger partial charge in [0.1, 0.15) is 11.4 Å². The molecule has 0 unspecified atom stereocenters. The molecule has 5 heteroatoms. The van der Waals surface area contributed by atoms with Gasteiger partial charge in [0.2, 0.25) is 0 Å². The number of nitrogens with zero attached hydrogens (tertiary/aromatic N) is 4. The number of fused-ring (bicyclic) bond motifs is 13. The predicted octanol–water partition coefficient (Wildman–Crippen LogP) is 11.4. The minimum atomic E-state index is 0.889. The van der Waals surface area contributed by atoms with Crippen LogP contribution in [-0.4, -0.2) is 18.7 Å². The van der Waals surface area contributed by atoms with Gasteiger partial charge in [0, 0.05) is 49.4 Å². The molecule has 4 heterocycles. The Kier molecular flexibility index (Phi) is 5.25. The van der Waals surface area contributed by atoms with Crippen molar-refractivity contribution >= 4 is 76.6 Å². The Morgan fingerprint density at radius 3 is 1.69 bits per heavy atom. The number of benzene rings is 7. The second-order valence-corrected chi connectivity index (χ2v) is 12.8. The lowest BCUT2D eigenvalue weighted by atomic mass is 10.0. The second kappa shape index (κ2) is 9.72. The average Bonchev–Trinajstić information content (AvgIpc) is 3.89. The minimum Gasteiger partial charge on any atom is -0.454 e. The molecule has 0 aliphatic rings. The van der Waals surface area contributed by atoms with E-state index < -0.39 is 0 Å². The zero-order chi connectivity index (χ0) is 32.2. The number of furan rings is 1. The molecule has 11 rings (SSSR count). The van der Waals surface area contributed by atoms with Crippen molar-refractivity contribution in [2.45, 2.75) is 6.92 Å². The van der Waals surface area contributed by atoms with Gasteiger partial charge < -0.3 is 13.6 Å². The highest BCUT2D eigenvalue weighted by Gasteiger charge is 2.27. The Balaban J connectivity index is 1.33. The standard InChI is InChI=1S/C44H28N4O/c1-27-45-34-18-8-11-21-37(34)46(27)29-23-25-30(26-24-29)47-35-19-9-5-15-31(35)39-40-33-17-7-12-22-38(33)49-44(40)43-41(42(39)47)32-16-6-10-20-36(32)48(43)28-13-3-2-4-14-28/h2-26H,1H3. The first-order valence-electron chi connectivity index (χ1n) is 16.7. The van der Waals surface area contributed by atoms with Crippen LogP contribution in [0, 0.1) is 6.92 Å². The lowest BCUT2D eigenvalue weighted by Crippen LogP contribution is -1.99. The van der Waals surface area contributed by atoms with E-state index in [9.17, 15) is 0 Å². The zero-order valence-electron chi connectivity index (χ0n) is 26.6. The van der Waals surface area contributed by atoms with Crippen molar-refractivity contribution in [2.75, 3.05) is 0 Å². The number of hydrogen-bond acceptors (Lipinski definition) is 2. The smallest absolute Gasteiger partial charge is 0.160 e. The molecule has 0 radical (unpaired) electrons. The SMILES string of the molecule is Cc1nc2ccccc2n1-c1ccc(-n2c3ccccc3c3c4c5ccccc5oc4c4c(c5ccccc5n4-c4ccccc4)c32)cc1. The van der Waals surface area contributed by atoms with E-state index in [2.05, 4.69) is 166 Å². The van der Waals surface area contributed by atoms with Crippen molar-refractivity contribution < 1.29 is 4.42 Å². The molecule has 49 heavy (non-hydrogen) atoms. The van der Waals surface area contributed by atoms with Crippen molar-refractivity contribution in [2.24, 2.45) is 0 Å². The van der Waals surface area contributed by atoms with Crippen molar-refractivity contribution in [3.8, 4) is 17.1 Å². The monoisotopic (exact) mass is 628 g/mol. The molecule has 0 N–H and O–H groups in total. The van der Waals surface area contributed by atoms with Crippen molar-refractivity contribution in [3.63, 3.8) is 0 Å². The summed E-state index contributed by atoms with van der Waals surface area (Å²) in [6, 6.07) is 53.9. The molecule has 0 atom stereocenters. The van der Waals surface area contributed by atoms with Crippen LogP contribution < -0.4 is 0 Å². The highest BCUT2D eigenvalue weighted by Crippen LogP contribution is 2.49. The van der Waals surface area contributed by atoms with Crippen LogP contribution in [0.5, 0.6) is 0 Å². The van der Waals surface area contributed by atoms with Crippen LogP contribution in [0.25, 0.3) is 93.6 Å². The van der Waals surface area contributed by atoms with E-state index in [-0.39, 0.29) is 0 Å². The summed E-state index contributed by atoms with van der Waals surface area (Å²) in [5.74, 6) is 0.968. The van der Waals surface area contributed by atoms with Crippen LogP contribution in [0.3, 0.4) is 0 Å². The largest absolute Gasteiger partial charge is 0.454 e. The maximum atomic E-state index is 6.89. The summed E-state index contributed by atoms with van der Waals surface area (Å²) in [5, 5.41) is 7.04. The number of para-hydroxylation sites is 6. The summed E-state index contributed by atoms with van der Waals surface area (Å²) in [7, 11) is 0. The lowest BCUT2D eigenvalue weighted by Gasteiger charge is -2.12. The maximum absolute atomic E-state index is 6.89. The fourth-order valence-electron chi connectivity index (χ4n) is 8.22. The quantitative estimate of drug-likeness (QED) is 0.195. The fraction of sp³-hybridized carbons (Fsp3) is 0.0227. The number of aryl methyl sites for hydroxylation is 1. The summed E-state index contributed by atoms with van der Waals surface area (Å²) >= 11 is 0. The molecule has 0 saturated carbocycles. The van der Waals surface area contributed by atoms with Gasteiger partial charge in [0.05, 0.1) is 33.1 Å². The van der Waals surface area contributed by atoms with E-state index in [4.69, 9.17) is 9.40 Å². The zero-order valence-corrected chi connectivity index (χ0v) is 26.6. The molecule has 0 fully saturated rings. The Bertz CT molecular complexity index is 3100. The first kappa shape index (κ1) is 26.5. The van der Waals surface area contributed by atoms with E-state index >= 15 is 0 Å². The van der Waals surface area contributed by atoms with E-state index in [0.29, 0.717) is 0 Å². The van der Waals surface area contributed by atoms with Gasteiger partial charge in [0.15, 0.2) is 5.58 Å². The van der Waals surface area contributed by atoms with Crippen molar-refractivity contribution in [1.29, 1.82) is 0 Å². The van der Waals surface area contributed by atoms with Crippen molar-refractivity contribution in [1.82, 2.24) is 18.7 Å². The Labute approximate surface area is 280 Å². The molecule has 0 bridgehead atoms. The third-order valence-electron chi connectivity index (χ3n) is 10.2. The van der Waals surface area contributed by atoms with Gasteiger partial charge in [0.25, 0.3) is 0 Å². The highest BCUT2D eigenvalue weighted by atomic mass is 16.3. The molecule has 0 aliphatic heterocycles. The molecular weight excluding hydrogens is 601 g/mol. The lowest BCUT2D eigenvalue weighted by molar-refractivity contribution is 0.671. The van der Waals surface area contributed by atoms with Crippen LogP contribution in [0.4, 0.5) is 0 Å². The van der Waals surface area contributed by atoms with Gasteiger partial charge in [-0.1, -0.05) is 84.9 Å². The van der Waals surface area contributed by atoms with Gasteiger partial charge in [-0.15, -0.1) is 0 Å². The Hall–Kier alpha value is -6.59. The van der Waals surface area contributed by atoms with E-state index in [1.165, 1.54) is 27.1 Å². The van der Waals surface area contributed by atoms with Gasteiger partial charge in [-0.25, -0.2) is 4.98 Å². The van der Waals surface area contributed by atoms with Crippen LogP contribution in [0.15, 0.2) is 156 Å². The fourth-order valence-corrected chi connectivity index (χ4v) is 8.22. The van der Waals surface area contributed by atoms with E-state index in [0.717, 1.165) is 72.4 Å². The highest BCUT2D eigenvalue weighted by molar-refractivity contribution is 6.39. The van der Waals surface area contributed by atoms with E-state index in [1.54, 1.807) is 0 Å². The summed E-state index contributed by atoms with van der Waals surface area (Å²) in [4.78, 5) is 4.83. The first-order valence-corrected chi connectivity index (χ1v) is 16.7. The summed E-state index contributed by atoms with van der Waals surface area (Å²) in [5.41, 5.74) is 11.7. The summed E-state index contributed by atoms with van der Waals surface area (Å²) < 4.78 is 14.0. The molecule has 7 aromatic carbocycles. The number of aromatic nitrogens is 4. The van der Waals surface area contributed by atoms with Crippen LogP contribution >= 0.6 is 0 Å². The summed E-state index contributed by atoms with van der Waals surface area (Å²) in [6.45, 7) is 2.07. The molecule has 4 aromatic heterocycles. The topological polar surface area (TPSA) is 40.8 Å². The third-order valence-corrected chi connectivity index (χ3v) is 10.2. The third kappa shape index (κ3) is 3.51. The number of imidazole rings is 1. The molecule has 0 amide bonds. The molecule has 5 nitrogen and oxygen atoms in total. The molecule has 0 saturated heterocycles. The molecule has 0 aliphatic carbocycles. The Morgan fingerprint density at radius 2 is 0.959 bits per heavy atom. The normalized spacial score (nSPS) is 12.2. The van der Waals surface area contributed by atoms with Crippen molar-refractivity contribution in [3.05, 3.63) is 157 Å². The molecule has 230 valence electrons. The average molecular weight is 629 g/mol. The minimum absolute atomic E-state index is 0.889. The van der Waals surface area contributed by atoms with E-state index in [1.807, 2.05) is 6.07 Å². The van der Waals surface area contributed by atoms with Gasteiger partial charge in [-0.05, 0) is 73.7 Å². The number of hydrogen-bond donors (Lipinski definition) is 0. The molecule has 11 aromatic rings. The van der Waals surface area contributed by atoms with Crippen LogP contribution in [0.2, 0.25) is 0 Å². The van der Waals surface area contributed by atoms with Crippen LogP contribution in [0.1, 0.15) is 5.82 Å². The molecular formula is C44H28N4O. The maximum Gasteiger partial charge on any atom is 0.160 e. The van der Waals surface area contributed by atoms with Gasteiger partial charge in [-0.3, -0.25) is 4.57 Å². The number of rotatable bonds is 3. The molecule has 0 spiro atoms. The second-order valence-electron chi connectivity index (χ2n) is 12.8. The Morgan fingerprint density at radius 1 is 0.429 bits per heavy atom. The first-order chi connectivity index (χ1) is 24.3. The van der Waals surface area contributed by atoms with Gasteiger partial charge >= 0.3 is 0 Å². The summed E-state index contributed by atoms with van der Waals surface area (Å²) in [6.07, 6.45) is 0.